The first kappa shape index (κ1) is 29.3. The third-order valence-electron chi connectivity index (χ3n) is 6.64. The number of hydrogen-bond acceptors (Lipinski definition) is 7. The molecule has 0 bridgehead atoms. The van der Waals surface area contributed by atoms with Crippen LogP contribution in [0.4, 0.5) is 18.9 Å². The minimum absolute atomic E-state index is 0.0537. The van der Waals surface area contributed by atoms with Crippen molar-refractivity contribution in [3.05, 3.63) is 65.2 Å². The molecule has 2 fully saturated rings. The number of anilines is 1. The van der Waals surface area contributed by atoms with E-state index in [0.29, 0.717) is 40.5 Å². The Morgan fingerprint density at radius 2 is 1.85 bits per heavy atom. The fraction of sp³-hybridized carbons (Fsp3) is 0.481. The lowest BCUT2D eigenvalue weighted by molar-refractivity contribution is -0.245. The van der Waals surface area contributed by atoms with Gasteiger partial charge in [0, 0.05) is 35.7 Å². The molecule has 0 radical (unpaired) electrons. The highest BCUT2D eigenvalue weighted by molar-refractivity contribution is 7.99. The van der Waals surface area contributed by atoms with Gasteiger partial charge in [-0.3, -0.25) is 9.59 Å². The maximum atomic E-state index is 13.0. The Bertz CT molecular complexity index is 1130. The number of nitrogens with zero attached hydrogens (tertiary/aromatic N) is 1. The lowest BCUT2D eigenvalue weighted by Gasteiger charge is -2.36. The Balaban J connectivity index is 1.49. The summed E-state index contributed by atoms with van der Waals surface area (Å²) >= 11 is 1.56. The number of rotatable bonds is 9. The summed E-state index contributed by atoms with van der Waals surface area (Å²) in [5.41, 5.74) is 2.64. The molecule has 212 valence electrons. The highest BCUT2D eigenvalue weighted by atomic mass is 32.2. The molecule has 0 spiro atoms. The van der Waals surface area contributed by atoms with Crippen LogP contribution in [-0.4, -0.2) is 69.9 Å². The van der Waals surface area contributed by atoms with Gasteiger partial charge in [0.15, 0.2) is 6.29 Å². The third-order valence-corrected chi connectivity index (χ3v) is 7.72. The maximum absolute atomic E-state index is 13.0. The highest BCUT2D eigenvalue weighted by Crippen LogP contribution is 2.39. The minimum atomic E-state index is -5.04. The Morgan fingerprint density at radius 3 is 2.54 bits per heavy atom. The summed E-state index contributed by atoms with van der Waals surface area (Å²) < 4.78 is 51.4. The number of amides is 2. The van der Waals surface area contributed by atoms with Crippen LogP contribution in [0.15, 0.2) is 48.5 Å². The molecule has 2 aliphatic heterocycles. The standard InChI is InChI=1S/C27H31F3N2O6S/c28-27(29,30)26(36)32-10-2-5-22(32)24(35)31-20-4-1-3-19(13-20)25-37-21(16-39-12-11-33)14-23(38-25)18-8-6-17(15-34)7-9-18/h1,3-4,6-9,13,21-23,25,33-34H,2,5,10-12,14-16H2,(H,31,35)/t21-,22+,23+,25+/m1/s1. The van der Waals surface area contributed by atoms with E-state index in [-0.39, 0.29) is 38.4 Å². The molecular formula is C27H31F3N2O6S. The summed E-state index contributed by atoms with van der Waals surface area (Å²) in [6.07, 6.45) is -5.30. The van der Waals surface area contributed by atoms with E-state index in [4.69, 9.17) is 14.6 Å². The number of carbonyl (C=O) groups excluding carboxylic acids is 2. The molecule has 4 rings (SSSR count). The van der Waals surface area contributed by atoms with Crippen LogP contribution < -0.4 is 5.32 Å². The van der Waals surface area contributed by atoms with Gasteiger partial charge in [-0.25, -0.2) is 0 Å². The van der Waals surface area contributed by atoms with Crippen molar-refractivity contribution >= 4 is 29.3 Å². The summed E-state index contributed by atoms with van der Waals surface area (Å²) in [6.45, 7) is -0.145. The molecule has 39 heavy (non-hydrogen) atoms. The molecule has 2 aromatic carbocycles. The monoisotopic (exact) mass is 568 g/mol. The molecule has 0 unspecified atom stereocenters. The van der Waals surface area contributed by atoms with Crippen LogP contribution in [0.1, 0.15) is 48.3 Å². The van der Waals surface area contributed by atoms with Crippen molar-refractivity contribution in [2.75, 3.05) is 30.0 Å². The SMILES string of the molecule is O=C(Nc1cccc([C@H]2O[C@@H](CSCCO)C[C@@H](c3ccc(CO)cc3)O2)c1)[C@@H]1CCCN1C(=O)C(F)(F)F. The molecule has 12 heteroatoms. The van der Waals surface area contributed by atoms with Crippen molar-refractivity contribution < 1.29 is 42.4 Å². The quantitative estimate of drug-likeness (QED) is 0.394. The Labute approximate surface area is 228 Å². The van der Waals surface area contributed by atoms with Crippen LogP contribution in [0.2, 0.25) is 0 Å². The number of halogens is 3. The van der Waals surface area contributed by atoms with E-state index in [1.165, 1.54) is 0 Å². The van der Waals surface area contributed by atoms with Gasteiger partial charge in [0.2, 0.25) is 5.91 Å². The summed E-state index contributed by atoms with van der Waals surface area (Å²) in [6, 6.07) is 12.9. The summed E-state index contributed by atoms with van der Waals surface area (Å²) in [5, 5.41) is 21.1. The molecule has 0 saturated carbocycles. The van der Waals surface area contributed by atoms with Crippen LogP contribution in [-0.2, 0) is 25.7 Å². The predicted octanol–water partition coefficient (Wildman–Crippen LogP) is 3.94. The number of ether oxygens (including phenoxy) is 2. The number of benzene rings is 2. The number of nitrogens with one attached hydrogen (secondary N) is 1. The molecule has 2 amide bonds. The minimum Gasteiger partial charge on any atom is -0.396 e. The second kappa shape index (κ2) is 13.1. The van der Waals surface area contributed by atoms with Gasteiger partial charge in [0.05, 0.1) is 25.4 Å². The van der Waals surface area contributed by atoms with Crippen LogP contribution in [0.25, 0.3) is 0 Å². The third kappa shape index (κ3) is 7.52. The molecule has 2 saturated heterocycles. The van der Waals surface area contributed by atoms with Crippen molar-refractivity contribution in [2.45, 2.75) is 56.6 Å². The van der Waals surface area contributed by atoms with Crippen molar-refractivity contribution in [3.63, 3.8) is 0 Å². The van der Waals surface area contributed by atoms with E-state index in [1.807, 2.05) is 24.3 Å². The highest BCUT2D eigenvalue weighted by Gasteiger charge is 2.47. The largest absolute Gasteiger partial charge is 0.471 e. The van der Waals surface area contributed by atoms with E-state index in [0.717, 1.165) is 11.1 Å². The van der Waals surface area contributed by atoms with Gasteiger partial charge in [-0.1, -0.05) is 36.4 Å². The first-order valence-electron chi connectivity index (χ1n) is 12.7. The van der Waals surface area contributed by atoms with Gasteiger partial charge < -0.3 is 29.9 Å². The average molecular weight is 569 g/mol. The molecule has 0 aromatic heterocycles. The van der Waals surface area contributed by atoms with Crippen molar-refractivity contribution in [1.82, 2.24) is 4.90 Å². The van der Waals surface area contributed by atoms with Gasteiger partial charge in [-0.2, -0.15) is 24.9 Å². The van der Waals surface area contributed by atoms with Crippen molar-refractivity contribution in [3.8, 4) is 0 Å². The van der Waals surface area contributed by atoms with Crippen LogP contribution in [0.3, 0.4) is 0 Å². The molecule has 4 atom stereocenters. The number of carbonyl (C=O) groups is 2. The maximum Gasteiger partial charge on any atom is 0.471 e. The zero-order valence-corrected chi connectivity index (χ0v) is 21.9. The molecule has 2 aromatic rings. The van der Waals surface area contributed by atoms with Gasteiger partial charge >= 0.3 is 12.1 Å². The molecule has 0 aliphatic carbocycles. The van der Waals surface area contributed by atoms with Crippen LogP contribution >= 0.6 is 11.8 Å². The van der Waals surface area contributed by atoms with E-state index >= 15 is 0 Å². The van der Waals surface area contributed by atoms with Crippen molar-refractivity contribution in [1.29, 1.82) is 0 Å². The molecule has 8 nitrogen and oxygen atoms in total. The van der Waals surface area contributed by atoms with Gasteiger partial charge in [0.1, 0.15) is 6.04 Å². The summed E-state index contributed by atoms with van der Waals surface area (Å²) in [4.78, 5) is 25.2. The van der Waals surface area contributed by atoms with Crippen LogP contribution in [0, 0.1) is 0 Å². The lowest BCUT2D eigenvalue weighted by atomic mass is 10.0. The predicted molar refractivity (Wildman–Crippen MR) is 139 cm³/mol. The van der Waals surface area contributed by atoms with Gasteiger partial charge in [-0.15, -0.1) is 0 Å². The number of thioether (sulfide) groups is 1. The fourth-order valence-corrected chi connectivity index (χ4v) is 5.51. The van der Waals surface area contributed by atoms with E-state index in [1.54, 1.807) is 36.0 Å². The number of aliphatic hydroxyl groups is 2. The summed E-state index contributed by atoms with van der Waals surface area (Å²) in [5.74, 6) is -1.50. The second-order valence-electron chi connectivity index (χ2n) is 9.42. The Hall–Kier alpha value is -2.64. The zero-order valence-electron chi connectivity index (χ0n) is 21.1. The normalized spacial score (nSPS) is 23.6. The average Bonchev–Trinajstić information content (AvgIpc) is 3.42. The lowest BCUT2D eigenvalue weighted by Crippen LogP contribution is -2.48. The molecular weight excluding hydrogens is 537 g/mol. The molecule has 2 heterocycles. The van der Waals surface area contributed by atoms with Crippen LogP contribution in [0.5, 0.6) is 0 Å². The number of hydrogen-bond donors (Lipinski definition) is 3. The van der Waals surface area contributed by atoms with E-state index in [9.17, 15) is 27.9 Å². The smallest absolute Gasteiger partial charge is 0.396 e. The number of alkyl halides is 3. The first-order chi connectivity index (χ1) is 18.7. The fourth-order valence-electron chi connectivity index (χ4n) is 4.74. The zero-order chi connectivity index (χ0) is 28.0. The van der Waals surface area contributed by atoms with Gasteiger partial charge in [-0.05, 0) is 36.1 Å². The second-order valence-corrected chi connectivity index (χ2v) is 10.6. The number of aliphatic hydroxyl groups excluding tert-OH is 2. The molecule has 3 N–H and O–H groups in total. The first-order valence-corrected chi connectivity index (χ1v) is 13.8. The topological polar surface area (TPSA) is 108 Å². The van der Waals surface area contributed by atoms with Crippen molar-refractivity contribution in [2.24, 2.45) is 0 Å². The Morgan fingerprint density at radius 1 is 1.08 bits per heavy atom. The molecule has 2 aliphatic rings. The Kier molecular flexibility index (Phi) is 9.89. The van der Waals surface area contributed by atoms with Gasteiger partial charge in [0.25, 0.3) is 0 Å². The number of likely N-dealkylation sites (tertiary alicyclic amines) is 1. The van der Waals surface area contributed by atoms with E-state index in [2.05, 4.69) is 5.32 Å². The van der Waals surface area contributed by atoms with E-state index < -0.39 is 30.3 Å². The summed E-state index contributed by atoms with van der Waals surface area (Å²) in [7, 11) is 0.